The van der Waals surface area contributed by atoms with Crippen molar-refractivity contribution in [3.05, 3.63) is 27.7 Å². The van der Waals surface area contributed by atoms with Gasteiger partial charge in [0.15, 0.2) is 5.75 Å². The van der Waals surface area contributed by atoms with Crippen LogP contribution in [0.15, 0.2) is 12.1 Å². The molecule has 0 heterocycles. The number of nitrogens with one attached hydrogen (secondary N) is 1. The third kappa shape index (κ3) is 4.78. The highest BCUT2D eigenvalue weighted by Gasteiger charge is 2.20. The lowest BCUT2D eigenvalue weighted by Gasteiger charge is -2.21. The minimum Gasteiger partial charge on any atom is -0.494 e. The summed E-state index contributed by atoms with van der Waals surface area (Å²) >= 11 is 12.1. The molecule has 0 aromatic heterocycles. The van der Waals surface area contributed by atoms with Gasteiger partial charge in [0.05, 0.1) is 23.7 Å². The van der Waals surface area contributed by atoms with Crippen LogP contribution in [0.1, 0.15) is 31.1 Å². The van der Waals surface area contributed by atoms with Gasteiger partial charge in [0.2, 0.25) is 5.91 Å². The summed E-state index contributed by atoms with van der Waals surface area (Å²) in [5.41, 5.74) is 0.315. The van der Waals surface area contributed by atoms with Gasteiger partial charge in [-0.1, -0.05) is 23.2 Å². The number of carbonyl (C=O) groups excluding carboxylic acids is 2. The van der Waals surface area contributed by atoms with Crippen LogP contribution in [0.25, 0.3) is 0 Å². The van der Waals surface area contributed by atoms with E-state index in [4.69, 9.17) is 27.9 Å². The minimum absolute atomic E-state index is 0.0191. The lowest BCUT2D eigenvalue weighted by atomic mass is 10.2. The molecule has 7 heteroatoms. The van der Waals surface area contributed by atoms with E-state index in [1.807, 2.05) is 13.8 Å². The number of methoxy groups -OCH3 is 1. The summed E-state index contributed by atoms with van der Waals surface area (Å²) in [6.45, 7) is 5.89. The third-order valence-corrected chi connectivity index (χ3v) is 3.46. The molecule has 1 rings (SSSR count). The molecule has 0 fully saturated rings. The first kappa shape index (κ1) is 18.6. The van der Waals surface area contributed by atoms with E-state index in [-0.39, 0.29) is 34.4 Å². The van der Waals surface area contributed by atoms with E-state index < -0.39 is 0 Å². The van der Waals surface area contributed by atoms with Gasteiger partial charge < -0.3 is 15.0 Å². The number of hydrogen-bond donors (Lipinski definition) is 1. The van der Waals surface area contributed by atoms with Crippen molar-refractivity contribution < 1.29 is 14.3 Å². The van der Waals surface area contributed by atoms with Crippen molar-refractivity contribution in [1.29, 1.82) is 0 Å². The molecular weight excluding hydrogens is 327 g/mol. The van der Waals surface area contributed by atoms with Gasteiger partial charge in [0.1, 0.15) is 0 Å². The average molecular weight is 347 g/mol. The standard InChI is InChI=1S/C15H20Cl2N2O3/c1-5-19(8-13(20)18-9(2)3)15(21)10-6-11(16)14(22-4)12(17)7-10/h6-7,9H,5,8H2,1-4H3,(H,18,20). The topological polar surface area (TPSA) is 58.6 Å². The molecule has 0 unspecified atom stereocenters. The van der Waals surface area contributed by atoms with Crippen molar-refractivity contribution >= 4 is 35.0 Å². The average Bonchev–Trinajstić information content (AvgIpc) is 2.42. The van der Waals surface area contributed by atoms with Crippen molar-refractivity contribution in [3.8, 4) is 5.75 Å². The van der Waals surface area contributed by atoms with E-state index in [9.17, 15) is 9.59 Å². The Morgan fingerprint density at radius 2 is 1.82 bits per heavy atom. The number of carbonyl (C=O) groups is 2. The summed E-state index contributed by atoms with van der Waals surface area (Å²) in [5, 5.41) is 3.25. The van der Waals surface area contributed by atoms with Crippen LogP contribution in [-0.4, -0.2) is 43.0 Å². The van der Waals surface area contributed by atoms with Crippen molar-refractivity contribution in [2.45, 2.75) is 26.8 Å². The molecule has 0 saturated heterocycles. The van der Waals surface area contributed by atoms with Gasteiger partial charge in [0, 0.05) is 18.2 Å². The van der Waals surface area contributed by atoms with Gasteiger partial charge in [-0.3, -0.25) is 9.59 Å². The summed E-state index contributed by atoms with van der Waals surface area (Å²) in [6, 6.07) is 2.99. The molecule has 0 radical (unpaired) electrons. The zero-order valence-electron chi connectivity index (χ0n) is 13.1. The fourth-order valence-electron chi connectivity index (χ4n) is 1.93. The van der Waals surface area contributed by atoms with E-state index in [1.165, 1.54) is 24.1 Å². The molecule has 1 aromatic carbocycles. The minimum atomic E-state index is -0.312. The molecule has 122 valence electrons. The first-order valence-corrected chi connectivity index (χ1v) is 7.67. The smallest absolute Gasteiger partial charge is 0.254 e. The van der Waals surface area contributed by atoms with Crippen molar-refractivity contribution in [3.63, 3.8) is 0 Å². The summed E-state index contributed by atoms with van der Waals surface area (Å²) in [5.74, 6) is -0.204. The Hall–Kier alpha value is -1.46. The second-order valence-corrected chi connectivity index (χ2v) is 5.83. The maximum atomic E-state index is 12.5. The van der Waals surface area contributed by atoms with Crippen LogP contribution in [0.3, 0.4) is 0 Å². The number of halogens is 2. The van der Waals surface area contributed by atoms with E-state index in [2.05, 4.69) is 5.32 Å². The van der Waals surface area contributed by atoms with Crippen LogP contribution < -0.4 is 10.1 Å². The molecule has 22 heavy (non-hydrogen) atoms. The van der Waals surface area contributed by atoms with Gasteiger partial charge >= 0.3 is 0 Å². The van der Waals surface area contributed by atoms with Crippen LogP contribution >= 0.6 is 23.2 Å². The molecule has 5 nitrogen and oxygen atoms in total. The number of hydrogen-bond acceptors (Lipinski definition) is 3. The molecule has 0 atom stereocenters. The van der Waals surface area contributed by atoms with Gasteiger partial charge in [-0.15, -0.1) is 0 Å². The zero-order valence-corrected chi connectivity index (χ0v) is 14.6. The summed E-state index contributed by atoms with van der Waals surface area (Å²) < 4.78 is 5.05. The van der Waals surface area contributed by atoms with E-state index in [1.54, 1.807) is 6.92 Å². The van der Waals surface area contributed by atoms with Crippen molar-refractivity contribution in [2.24, 2.45) is 0 Å². The lowest BCUT2D eigenvalue weighted by Crippen LogP contribution is -2.42. The van der Waals surface area contributed by atoms with Gasteiger partial charge in [-0.2, -0.15) is 0 Å². The number of nitrogens with zero attached hydrogens (tertiary/aromatic N) is 1. The molecule has 1 aromatic rings. The Morgan fingerprint density at radius 1 is 1.27 bits per heavy atom. The van der Waals surface area contributed by atoms with Crippen LogP contribution in [0.2, 0.25) is 10.0 Å². The van der Waals surface area contributed by atoms with Gasteiger partial charge in [0.25, 0.3) is 5.91 Å². The SMILES string of the molecule is CCN(CC(=O)NC(C)C)C(=O)c1cc(Cl)c(OC)c(Cl)c1. The Kier molecular flexibility index (Phi) is 6.97. The fraction of sp³-hybridized carbons (Fsp3) is 0.467. The van der Waals surface area contributed by atoms with E-state index in [0.717, 1.165) is 0 Å². The van der Waals surface area contributed by atoms with E-state index in [0.29, 0.717) is 17.9 Å². The highest BCUT2D eigenvalue weighted by molar-refractivity contribution is 6.37. The molecule has 1 N–H and O–H groups in total. The normalized spacial score (nSPS) is 10.5. The van der Waals surface area contributed by atoms with Gasteiger partial charge in [-0.05, 0) is 32.9 Å². The molecular formula is C15H20Cl2N2O3. The number of ether oxygens (including phenoxy) is 1. The first-order chi connectivity index (χ1) is 10.3. The second kappa shape index (κ2) is 8.25. The van der Waals surface area contributed by atoms with Crippen molar-refractivity contribution in [2.75, 3.05) is 20.2 Å². The molecule has 0 aliphatic heterocycles. The summed E-state index contributed by atoms with van der Waals surface area (Å²) in [4.78, 5) is 25.7. The zero-order chi connectivity index (χ0) is 16.9. The number of benzene rings is 1. The highest BCUT2D eigenvalue weighted by Crippen LogP contribution is 2.34. The molecule has 0 bridgehead atoms. The van der Waals surface area contributed by atoms with Crippen molar-refractivity contribution in [1.82, 2.24) is 10.2 Å². The van der Waals surface area contributed by atoms with Crippen LogP contribution in [-0.2, 0) is 4.79 Å². The predicted octanol–water partition coefficient (Wildman–Crippen LogP) is 2.99. The summed E-state index contributed by atoms with van der Waals surface area (Å²) in [7, 11) is 1.45. The van der Waals surface area contributed by atoms with Crippen LogP contribution in [0, 0.1) is 0 Å². The Labute approximate surface area is 140 Å². The van der Waals surface area contributed by atoms with Gasteiger partial charge in [-0.25, -0.2) is 0 Å². The number of likely N-dealkylation sites (N-methyl/N-ethyl adjacent to an activating group) is 1. The number of rotatable bonds is 6. The molecule has 0 spiro atoms. The number of amides is 2. The Bertz CT molecular complexity index is 539. The molecule has 0 saturated carbocycles. The maximum absolute atomic E-state index is 12.5. The van der Waals surface area contributed by atoms with E-state index >= 15 is 0 Å². The quantitative estimate of drug-likeness (QED) is 0.861. The Balaban J connectivity index is 2.95. The molecule has 2 amide bonds. The largest absolute Gasteiger partial charge is 0.494 e. The predicted molar refractivity (Wildman–Crippen MR) is 87.9 cm³/mol. The fourth-order valence-corrected chi connectivity index (χ4v) is 2.57. The Morgan fingerprint density at radius 3 is 2.23 bits per heavy atom. The molecule has 0 aliphatic carbocycles. The van der Waals surface area contributed by atoms with Crippen LogP contribution in [0.5, 0.6) is 5.75 Å². The van der Waals surface area contributed by atoms with Crippen LogP contribution in [0.4, 0.5) is 0 Å². The maximum Gasteiger partial charge on any atom is 0.254 e. The third-order valence-electron chi connectivity index (χ3n) is 2.90. The summed E-state index contributed by atoms with van der Waals surface area (Å²) in [6.07, 6.45) is 0. The monoisotopic (exact) mass is 346 g/mol. The first-order valence-electron chi connectivity index (χ1n) is 6.91. The second-order valence-electron chi connectivity index (χ2n) is 5.01. The lowest BCUT2D eigenvalue weighted by molar-refractivity contribution is -0.122. The highest BCUT2D eigenvalue weighted by atomic mass is 35.5. The molecule has 0 aliphatic rings.